The molecule has 4 nitrogen and oxygen atoms in total. The Hall–Kier alpha value is -2.10. The van der Waals surface area contributed by atoms with Gasteiger partial charge in [0.2, 0.25) is 0 Å². The molecule has 112 valence electrons. The van der Waals surface area contributed by atoms with Crippen LogP contribution in [-0.2, 0) is 6.42 Å². The van der Waals surface area contributed by atoms with Gasteiger partial charge in [0.1, 0.15) is 0 Å². The molecule has 0 fully saturated rings. The molecule has 21 heavy (non-hydrogen) atoms. The van der Waals surface area contributed by atoms with Gasteiger partial charge >= 0.3 is 5.97 Å². The van der Waals surface area contributed by atoms with Gasteiger partial charge in [-0.3, -0.25) is 0 Å². The standard InChI is InChI=1S/C17H22N2O2/c1-4-12(5-2)16-11-14(17(20)21)18-19(16)15-10-8-7-9-13(15)6-3/h7-12H,4-6H2,1-3H3,(H,20,21). The Labute approximate surface area is 125 Å². The number of aromatic carboxylic acids is 1. The third-order valence-electron chi connectivity index (χ3n) is 3.96. The van der Waals surface area contributed by atoms with Crippen LogP contribution in [0.15, 0.2) is 30.3 Å². The summed E-state index contributed by atoms with van der Waals surface area (Å²) < 4.78 is 1.82. The van der Waals surface area contributed by atoms with E-state index in [1.807, 2.05) is 22.9 Å². The van der Waals surface area contributed by atoms with Crippen LogP contribution in [0.4, 0.5) is 0 Å². The van der Waals surface area contributed by atoms with Crippen molar-refractivity contribution in [3.63, 3.8) is 0 Å². The molecule has 0 radical (unpaired) electrons. The van der Waals surface area contributed by atoms with Crippen molar-refractivity contribution in [3.05, 3.63) is 47.3 Å². The van der Waals surface area contributed by atoms with E-state index in [1.54, 1.807) is 6.07 Å². The summed E-state index contributed by atoms with van der Waals surface area (Å²) in [5.74, 6) is -0.662. The number of nitrogens with zero attached hydrogens (tertiary/aromatic N) is 2. The molecule has 0 atom stereocenters. The van der Waals surface area contributed by atoms with Gasteiger partial charge in [0.15, 0.2) is 5.69 Å². The number of carboxylic acid groups (broad SMARTS) is 1. The average molecular weight is 286 g/mol. The topological polar surface area (TPSA) is 55.1 Å². The molecule has 0 aliphatic heterocycles. The summed E-state index contributed by atoms with van der Waals surface area (Å²) in [6.07, 6.45) is 2.83. The first-order valence-corrected chi connectivity index (χ1v) is 7.53. The fourth-order valence-electron chi connectivity index (χ4n) is 2.71. The molecule has 0 aliphatic rings. The zero-order valence-corrected chi connectivity index (χ0v) is 12.8. The Bertz CT molecular complexity index is 627. The van der Waals surface area contributed by atoms with Crippen molar-refractivity contribution in [2.75, 3.05) is 0 Å². The van der Waals surface area contributed by atoms with Crippen LogP contribution in [0.5, 0.6) is 0 Å². The van der Waals surface area contributed by atoms with Gasteiger partial charge in [-0.2, -0.15) is 5.10 Å². The second-order valence-electron chi connectivity index (χ2n) is 5.17. The van der Waals surface area contributed by atoms with E-state index < -0.39 is 5.97 Å². The van der Waals surface area contributed by atoms with E-state index in [2.05, 4.69) is 31.9 Å². The maximum absolute atomic E-state index is 11.3. The second kappa shape index (κ2) is 6.57. The Morgan fingerprint density at radius 3 is 2.48 bits per heavy atom. The first kappa shape index (κ1) is 15.3. The molecule has 0 unspecified atom stereocenters. The number of rotatable bonds is 6. The van der Waals surface area contributed by atoms with E-state index in [1.165, 1.54) is 5.56 Å². The predicted octanol–water partition coefficient (Wildman–Crippen LogP) is 4.04. The fraction of sp³-hybridized carbons (Fsp3) is 0.412. The molecular formula is C17H22N2O2. The zero-order valence-electron chi connectivity index (χ0n) is 12.8. The Kier molecular flexibility index (Phi) is 4.78. The van der Waals surface area contributed by atoms with Gasteiger partial charge in [0.05, 0.1) is 5.69 Å². The summed E-state index contributed by atoms with van der Waals surface area (Å²) in [4.78, 5) is 11.3. The smallest absolute Gasteiger partial charge is 0.356 e. The Balaban J connectivity index is 2.63. The number of carboxylic acids is 1. The van der Waals surface area contributed by atoms with Gasteiger partial charge in [-0.05, 0) is 37.0 Å². The van der Waals surface area contributed by atoms with E-state index in [0.29, 0.717) is 5.92 Å². The number of hydrogen-bond acceptors (Lipinski definition) is 2. The minimum atomic E-state index is -0.977. The molecule has 0 amide bonds. The van der Waals surface area contributed by atoms with E-state index >= 15 is 0 Å². The summed E-state index contributed by atoms with van der Waals surface area (Å²) >= 11 is 0. The molecule has 2 aromatic rings. The van der Waals surface area contributed by atoms with Gasteiger partial charge in [0, 0.05) is 11.6 Å². The molecule has 1 aromatic heterocycles. The highest BCUT2D eigenvalue weighted by Gasteiger charge is 2.20. The van der Waals surface area contributed by atoms with Gasteiger partial charge < -0.3 is 5.11 Å². The number of aryl methyl sites for hydroxylation is 1. The SMILES string of the molecule is CCc1ccccc1-n1nc(C(=O)O)cc1C(CC)CC. The monoisotopic (exact) mass is 286 g/mol. The molecule has 0 saturated heterocycles. The molecule has 0 bridgehead atoms. The lowest BCUT2D eigenvalue weighted by Gasteiger charge is -2.16. The van der Waals surface area contributed by atoms with E-state index in [4.69, 9.17) is 0 Å². The molecular weight excluding hydrogens is 264 g/mol. The van der Waals surface area contributed by atoms with Crippen molar-refractivity contribution in [3.8, 4) is 5.69 Å². The third kappa shape index (κ3) is 2.99. The lowest BCUT2D eigenvalue weighted by Crippen LogP contribution is -2.09. The van der Waals surface area contributed by atoms with Crippen LogP contribution in [0.25, 0.3) is 5.69 Å². The molecule has 4 heteroatoms. The lowest BCUT2D eigenvalue weighted by molar-refractivity contribution is 0.0690. The molecule has 0 aliphatic carbocycles. The zero-order chi connectivity index (χ0) is 15.4. The van der Waals surface area contributed by atoms with Crippen molar-refractivity contribution >= 4 is 5.97 Å². The van der Waals surface area contributed by atoms with Crippen LogP contribution in [0, 0.1) is 0 Å². The Morgan fingerprint density at radius 1 is 1.24 bits per heavy atom. The summed E-state index contributed by atoms with van der Waals surface area (Å²) in [6, 6.07) is 9.75. The van der Waals surface area contributed by atoms with Crippen molar-refractivity contribution in [2.45, 2.75) is 46.0 Å². The molecule has 0 saturated carbocycles. The first-order chi connectivity index (χ1) is 10.1. The average Bonchev–Trinajstić information content (AvgIpc) is 2.93. The first-order valence-electron chi connectivity index (χ1n) is 7.53. The van der Waals surface area contributed by atoms with Crippen LogP contribution in [-0.4, -0.2) is 20.9 Å². The van der Waals surface area contributed by atoms with Crippen molar-refractivity contribution in [2.24, 2.45) is 0 Å². The number of hydrogen-bond donors (Lipinski definition) is 1. The predicted molar refractivity (Wildman–Crippen MR) is 83.2 cm³/mol. The molecule has 2 rings (SSSR count). The molecule has 1 aromatic carbocycles. The number of benzene rings is 1. The van der Waals surface area contributed by atoms with E-state index in [-0.39, 0.29) is 5.69 Å². The van der Waals surface area contributed by atoms with Crippen LogP contribution < -0.4 is 0 Å². The van der Waals surface area contributed by atoms with Gasteiger partial charge in [-0.25, -0.2) is 9.48 Å². The van der Waals surface area contributed by atoms with Crippen LogP contribution >= 0.6 is 0 Å². The van der Waals surface area contributed by atoms with Crippen LogP contribution in [0.2, 0.25) is 0 Å². The van der Waals surface area contributed by atoms with Gasteiger partial charge in [0.25, 0.3) is 0 Å². The highest BCUT2D eigenvalue weighted by atomic mass is 16.4. The maximum atomic E-state index is 11.3. The summed E-state index contributed by atoms with van der Waals surface area (Å²) in [5, 5.41) is 13.6. The van der Waals surface area contributed by atoms with Crippen molar-refractivity contribution < 1.29 is 9.90 Å². The highest BCUT2D eigenvalue weighted by molar-refractivity contribution is 5.85. The molecule has 1 N–H and O–H groups in total. The minimum Gasteiger partial charge on any atom is -0.476 e. The third-order valence-corrected chi connectivity index (χ3v) is 3.96. The number of carbonyl (C=O) groups is 1. The van der Waals surface area contributed by atoms with E-state index in [9.17, 15) is 9.90 Å². The minimum absolute atomic E-state index is 0.114. The Morgan fingerprint density at radius 2 is 1.90 bits per heavy atom. The lowest BCUT2D eigenvalue weighted by atomic mass is 9.98. The second-order valence-corrected chi connectivity index (χ2v) is 5.17. The number of para-hydroxylation sites is 1. The largest absolute Gasteiger partial charge is 0.476 e. The van der Waals surface area contributed by atoms with Crippen molar-refractivity contribution in [1.82, 2.24) is 9.78 Å². The highest BCUT2D eigenvalue weighted by Crippen LogP contribution is 2.27. The summed E-state index contributed by atoms with van der Waals surface area (Å²) in [7, 11) is 0. The summed E-state index contributed by atoms with van der Waals surface area (Å²) in [6.45, 7) is 6.34. The van der Waals surface area contributed by atoms with Gasteiger partial charge in [-0.15, -0.1) is 0 Å². The molecule has 1 heterocycles. The fourth-order valence-corrected chi connectivity index (χ4v) is 2.71. The normalized spacial score (nSPS) is 11.0. The summed E-state index contributed by atoms with van der Waals surface area (Å²) in [5.41, 5.74) is 3.25. The van der Waals surface area contributed by atoms with Crippen LogP contribution in [0.1, 0.15) is 61.3 Å². The van der Waals surface area contributed by atoms with Crippen LogP contribution in [0.3, 0.4) is 0 Å². The maximum Gasteiger partial charge on any atom is 0.356 e. The number of aromatic nitrogens is 2. The van der Waals surface area contributed by atoms with E-state index in [0.717, 1.165) is 30.6 Å². The van der Waals surface area contributed by atoms with Crippen molar-refractivity contribution in [1.29, 1.82) is 0 Å². The quantitative estimate of drug-likeness (QED) is 0.872. The van der Waals surface area contributed by atoms with Gasteiger partial charge in [-0.1, -0.05) is 39.0 Å². The molecule has 0 spiro atoms.